The second-order valence-corrected chi connectivity index (χ2v) is 7.58. The summed E-state index contributed by atoms with van der Waals surface area (Å²) in [5.41, 5.74) is 13.0. The SMILES string of the molecule is Cc1cc(NNC(=O)C(c2ccccc2)c2ccccc2)c2ccc(C)c(C)c2n1. The van der Waals surface area contributed by atoms with Gasteiger partial charge in [0.2, 0.25) is 5.91 Å². The molecule has 0 radical (unpaired) electrons. The summed E-state index contributed by atoms with van der Waals surface area (Å²) < 4.78 is 0. The lowest BCUT2D eigenvalue weighted by molar-refractivity contribution is -0.121. The molecule has 0 aliphatic heterocycles. The van der Waals surface area contributed by atoms with E-state index in [1.807, 2.05) is 79.7 Å². The summed E-state index contributed by atoms with van der Waals surface area (Å²) in [7, 11) is 0. The molecule has 0 aliphatic carbocycles. The Balaban J connectivity index is 1.66. The summed E-state index contributed by atoms with van der Waals surface area (Å²) in [5.74, 6) is -0.517. The fraction of sp³-hybridized carbons (Fsp3) is 0.154. The first-order chi connectivity index (χ1) is 14.5. The first-order valence-corrected chi connectivity index (χ1v) is 10.1. The molecule has 3 aromatic carbocycles. The van der Waals surface area contributed by atoms with E-state index >= 15 is 0 Å². The van der Waals surface area contributed by atoms with Crippen molar-refractivity contribution >= 4 is 22.5 Å². The normalized spacial score (nSPS) is 10.9. The number of hydrogen-bond acceptors (Lipinski definition) is 3. The Labute approximate surface area is 177 Å². The summed E-state index contributed by atoms with van der Waals surface area (Å²) in [6, 6.07) is 25.7. The predicted octanol–water partition coefficient (Wildman–Crippen LogP) is 5.44. The van der Waals surface area contributed by atoms with Crippen LogP contribution in [0.15, 0.2) is 78.9 Å². The molecule has 4 rings (SSSR count). The van der Waals surface area contributed by atoms with Crippen LogP contribution in [0.3, 0.4) is 0 Å². The van der Waals surface area contributed by atoms with Gasteiger partial charge in [-0.25, -0.2) is 0 Å². The zero-order chi connectivity index (χ0) is 21.1. The minimum atomic E-state index is -0.405. The molecule has 4 heteroatoms. The number of aromatic nitrogens is 1. The number of carbonyl (C=O) groups is 1. The van der Waals surface area contributed by atoms with Gasteiger partial charge in [0.1, 0.15) is 0 Å². The molecule has 30 heavy (non-hydrogen) atoms. The number of nitrogens with one attached hydrogen (secondary N) is 2. The Kier molecular flexibility index (Phi) is 5.48. The molecule has 1 amide bonds. The van der Waals surface area contributed by atoms with E-state index in [9.17, 15) is 4.79 Å². The van der Waals surface area contributed by atoms with Crippen LogP contribution in [0, 0.1) is 20.8 Å². The molecule has 0 atom stereocenters. The third-order valence-corrected chi connectivity index (χ3v) is 5.48. The van der Waals surface area contributed by atoms with E-state index in [0.29, 0.717) is 0 Å². The lowest BCUT2D eigenvalue weighted by atomic mass is 9.91. The second-order valence-electron chi connectivity index (χ2n) is 7.58. The van der Waals surface area contributed by atoms with Gasteiger partial charge in [0.05, 0.1) is 17.1 Å². The van der Waals surface area contributed by atoms with Crippen molar-refractivity contribution in [3.63, 3.8) is 0 Å². The Morgan fingerprint density at radius 3 is 2.03 bits per heavy atom. The first-order valence-electron chi connectivity index (χ1n) is 10.1. The summed E-state index contributed by atoms with van der Waals surface area (Å²) in [5, 5.41) is 0.986. The average molecular weight is 396 g/mol. The maximum atomic E-state index is 13.3. The summed E-state index contributed by atoms with van der Waals surface area (Å²) in [6.45, 7) is 6.12. The molecule has 0 unspecified atom stereocenters. The Hall–Kier alpha value is -3.66. The number of fused-ring (bicyclic) bond motifs is 1. The topological polar surface area (TPSA) is 54.0 Å². The molecule has 2 N–H and O–H groups in total. The van der Waals surface area contributed by atoms with Gasteiger partial charge in [0.25, 0.3) is 0 Å². The molecule has 1 heterocycles. The van der Waals surface area contributed by atoms with E-state index in [1.54, 1.807) is 0 Å². The van der Waals surface area contributed by atoms with Crippen LogP contribution in [0.4, 0.5) is 5.69 Å². The molecule has 4 aromatic rings. The molecular weight excluding hydrogens is 370 g/mol. The highest BCUT2D eigenvalue weighted by Gasteiger charge is 2.22. The van der Waals surface area contributed by atoms with Crippen molar-refractivity contribution in [3.8, 4) is 0 Å². The van der Waals surface area contributed by atoms with E-state index in [4.69, 9.17) is 4.98 Å². The van der Waals surface area contributed by atoms with Gasteiger partial charge in [0, 0.05) is 11.1 Å². The van der Waals surface area contributed by atoms with Gasteiger partial charge in [-0.2, -0.15) is 0 Å². The Morgan fingerprint density at radius 2 is 1.43 bits per heavy atom. The highest BCUT2D eigenvalue weighted by Crippen LogP contribution is 2.28. The molecule has 0 spiro atoms. The number of amides is 1. The molecule has 1 aromatic heterocycles. The number of anilines is 1. The third kappa shape index (κ3) is 3.90. The zero-order valence-electron chi connectivity index (χ0n) is 17.4. The van der Waals surface area contributed by atoms with E-state index < -0.39 is 5.92 Å². The quantitative estimate of drug-likeness (QED) is 0.443. The van der Waals surface area contributed by atoms with Crippen LogP contribution in [0.1, 0.15) is 33.9 Å². The molecule has 0 fully saturated rings. The summed E-state index contributed by atoms with van der Waals surface area (Å²) in [4.78, 5) is 18.0. The molecule has 0 bridgehead atoms. The predicted molar refractivity (Wildman–Crippen MR) is 122 cm³/mol. The number of benzene rings is 3. The molecule has 0 aliphatic rings. The lowest BCUT2D eigenvalue weighted by Crippen LogP contribution is -2.34. The largest absolute Gasteiger partial charge is 0.298 e. The first kappa shape index (κ1) is 19.6. The van der Waals surface area contributed by atoms with Gasteiger partial charge >= 0.3 is 0 Å². The molecular formula is C26H25N3O. The lowest BCUT2D eigenvalue weighted by Gasteiger charge is -2.19. The Morgan fingerprint density at radius 1 is 0.833 bits per heavy atom. The number of pyridine rings is 1. The van der Waals surface area contributed by atoms with Crippen molar-refractivity contribution in [1.29, 1.82) is 0 Å². The smallest absolute Gasteiger partial charge is 0.250 e. The zero-order valence-corrected chi connectivity index (χ0v) is 17.4. The van der Waals surface area contributed by atoms with Crippen LogP contribution in [0.25, 0.3) is 10.9 Å². The number of aryl methyl sites for hydroxylation is 3. The van der Waals surface area contributed by atoms with Crippen molar-refractivity contribution in [2.45, 2.75) is 26.7 Å². The molecule has 0 saturated heterocycles. The highest BCUT2D eigenvalue weighted by atomic mass is 16.2. The molecule has 4 nitrogen and oxygen atoms in total. The summed E-state index contributed by atoms with van der Waals surface area (Å²) in [6.07, 6.45) is 0. The van der Waals surface area contributed by atoms with Gasteiger partial charge in [-0.15, -0.1) is 0 Å². The van der Waals surface area contributed by atoms with E-state index in [2.05, 4.69) is 30.8 Å². The van der Waals surface area contributed by atoms with Crippen molar-refractivity contribution in [2.75, 3.05) is 5.43 Å². The van der Waals surface area contributed by atoms with Crippen molar-refractivity contribution in [1.82, 2.24) is 10.4 Å². The van der Waals surface area contributed by atoms with Gasteiger partial charge in [0.15, 0.2) is 0 Å². The minimum absolute atomic E-state index is 0.112. The molecule has 150 valence electrons. The number of carbonyl (C=O) groups excluding carboxylic acids is 1. The van der Waals surface area contributed by atoms with Crippen molar-refractivity contribution in [2.24, 2.45) is 0 Å². The fourth-order valence-corrected chi connectivity index (χ4v) is 3.75. The van der Waals surface area contributed by atoms with Gasteiger partial charge < -0.3 is 0 Å². The third-order valence-electron chi connectivity index (χ3n) is 5.48. The van der Waals surface area contributed by atoms with Crippen LogP contribution in [-0.2, 0) is 4.79 Å². The van der Waals surface area contributed by atoms with Crippen LogP contribution in [-0.4, -0.2) is 10.9 Å². The summed E-state index contributed by atoms with van der Waals surface area (Å²) >= 11 is 0. The van der Waals surface area contributed by atoms with Crippen molar-refractivity contribution < 1.29 is 4.79 Å². The maximum Gasteiger partial charge on any atom is 0.250 e. The fourth-order valence-electron chi connectivity index (χ4n) is 3.75. The number of hydrazine groups is 1. The number of hydrogen-bond donors (Lipinski definition) is 2. The van der Waals surface area contributed by atoms with Crippen LogP contribution in [0.5, 0.6) is 0 Å². The minimum Gasteiger partial charge on any atom is -0.298 e. The van der Waals surface area contributed by atoms with E-state index in [-0.39, 0.29) is 5.91 Å². The van der Waals surface area contributed by atoms with Gasteiger partial charge in [-0.05, 0) is 49.1 Å². The number of rotatable bonds is 5. The Bertz CT molecular complexity index is 1150. The molecule has 0 saturated carbocycles. The number of nitrogens with zero attached hydrogens (tertiary/aromatic N) is 1. The maximum absolute atomic E-state index is 13.3. The average Bonchev–Trinajstić information content (AvgIpc) is 2.76. The monoisotopic (exact) mass is 395 g/mol. The van der Waals surface area contributed by atoms with Gasteiger partial charge in [-0.3, -0.25) is 20.6 Å². The van der Waals surface area contributed by atoms with Gasteiger partial charge in [-0.1, -0.05) is 72.8 Å². The second kappa shape index (κ2) is 8.37. The highest BCUT2D eigenvalue weighted by molar-refractivity contribution is 5.95. The van der Waals surface area contributed by atoms with Crippen LogP contribution in [0.2, 0.25) is 0 Å². The van der Waals surface area contributed by atoms with Crippen molar-refractivity contribution in [3.05, 3.63) is 107 Å². The standard InChI is InChI=1S/C26H25N3O/c1-17-14-15-22-23(16-18(2)27-25(22)19(17)3)28-29-26(30)24(20-10-6-4-7-11-20)21-12-8-5-9-13-21/h4-16,24H,1-3H3,(H,27,28)(H,29,30). The van der Waals surface area contributed by atoms with Crippen LogP contribution >= 0.6 is 0 Å². The van der Waals surface area contributed by atoms with Crippen LogP contribution < -0.4 is 10.9 Å². The van der Waals surface area contributed by atoms with E-state index in [1.165, 1.54) is 5.56 Å². The van der Waals surface area contributed by atoms with E-state index in [0.717, 1.165) is 39.0 Å².